The molecule has 0 radical (unpaired) electrons. The molecule has 1 amide bonds. The third kappa shape index (κ3) is 3.91. The summed E-state index contributed by atoms with van der Waals surface area (Å²) in [6, 6.07) is 5.71. The number of aromatic nitrogens is 1. The molecule has 8 nitrogen and oxygen atoms in total. The summed E-state index contributed by atoms with van der Waals surface area (Å²) in [5.74, 6) is -0.716. The molecule has 0 unspecified atom stereocenters. The second kappa shape index (κ2) is 7.43. The Morgan fingerprint density at radius 3 is 2.71 bits per heavy atom. The van der Waals surface area contributed by atoms with Crippen LogP contribution in [0.4, 0.5) is 11.4 Å². The number of hydrogen-bond donors (Lipinski definition) is 2. The van der Waals surface area contributed by atoms with Gasteiger partial charge in [-0.1, -0.05) is 35.3 Å². The molecule has 1 aromatic carbocycles. The second-order valence-electron chi connectivity index (χ2n) is 4.41. The molecular formula is C13H9Cl3N5O3+. The fourth-order valence-electron chi connectivity index (χ4n) is 1.67. The number of nitrogens with two attached hydrogens (primary N) is 1. The molecule has 0 bridgehead atoms. The van der Waals surface area contributed by atoms with Crippen molar-refractivity contribution >= 4 is 58.3 Å². The lowest BCUT2D eigenvalue weighted by atomic mass is 10.2. The van der Waals surface area contributed by atoms with Crippen molar-refractivity contribution in [2.24, 2.45) is 5.10 Å². The number of nitrogens with zero attached hydrogens (tertiary/aromatic N) is 2. The average Bonchev–Trinajstić information content (AvgIpc) is 2.56. The van der Waals surface area contributed by atoms with Crippen molar-refractivity contribution in [3.8, 4) is 0 Å². The quantitative estimate of drug-likeness (QED) is 0.361. The number of nitrogens with one attached hydrogen (secondary N) is 2. The molecule has 0 aliphatic heterocycles. The SMILES string of the molecule is Nc1c(Cl)c(Cl)[nH+]c(C(=O)N/N=C/c2cccc([N+](=O)[O-])c2)c1Cl. The van der Waals surface area contributed by atoms with E-state index >= 15 is 0 Å². The number of non-ortho nitro benzene ring substituents is 1. The van der Waals surface area contributed by atoms with Gasteiger partial charge in [-0.25, -0.2) is 5.43 Å². The summed E-state index contributed by atoms with van der Waals surface area (Å²) in [7, 11) is 0. The first kappa shape index (κ1) is 17.9. The van der Waals surface area contributed by atoms with Crippen LogP contribution in [0.3, 0.4) is 0 Å². The van der Waals surface area contributed by atoms with Gasteiger partial charge in [-0.05, 0) is 11.6 Å². The summed E-state index contributed by atoms with van der Waals surface area (Å²) in [6.45, 7) is 0. The topological polar surface area (TPSA) is 125 Å². The number of carbonyl (C=O) groups excluding carboxylic acids is 1. The number of carbonyl (C=O) groups is 1. The molecular weight excluding hydrogens is 381 g/mol. The number of hydrogen-bond acceptors (Lipinski definition) is 5. The van der Waals surface area contributed by atoms with Gasteiger partial charge in [0.05, 0.1) is 16.8 Å². The van der Waals surface area contributed by atoms with Crippen molar-refractivity contribution in [3.05, 3.63) is 60.8 Å². The molecule has 0 aliphatic rings. The van der Waals surface area contributed by atoms with Crippen LogP contribution in [-0.4, -0.2) is 17.0 Å². The number of H-pyrrole nitrogens is 1. The highest BCUT2D eigenvalue weighted by Gasteiger charge is 2.25. The van der Waals surface area contributed by atoms with Gasteiger partial charge in [-0.15, -0.1) is 0 Å². The van der Waals surface area contributed by atoms with Gasteiger partial charge in [0.1, 0.15) is 10.0 Å². The van der Waals surface area contributed by atoms with Gasteiger partial charge in [0.2, 0.25) is 0 Å². The van der Waals surface area contributed by atoms with Crippen LogP contribution in [0.2, 0.25) is 15.2 Å². The number of nitro groups is 1. The zero-order chi connectivity index (χ0) is 17.9. The number of rotatable bonds is 4. The number of hydrazone groups is 1. The Kier molecular flexibility index (Phi) is 5.55. The van der Waals surface area contributed by atoms with Gasteiger partial charge >= 0.3 is 5.91 Å². The number of benzene rings is 1. The van der Waals surface area contributed by atoms with E-state index < -0.39 is 10.8 Å². The highest BCUT2D eigenvalue weighted by Crippen LogP contribution is 2.31. The van der Waals surface area contributed by atoms with Crippen molar-refractivity contribution in [3.63, 3.8) is 0 Å². The third-order valence-corrected chi connectivity index (χ3v) is 3.97. The molecule has 4 N–H and O–H groups in total. The highest BCUT2D eigenvalue weighted by atomic mass is 35.5. The predicted octanol–water partition coefficient (Wildman–Crippen LogP) is 2.72. The first-order valence-corrected chi connectivity index (χ1v) is 7.37. The summed E-state index contributed by atoms with van der Waals surface area (Å²) in [5, 5.41) is 14.2. The second-order valence-corrected chi connectivity index (χ2v) is 5.54. The lowest BCUT2D eigenvalue weighted by Gasteiger charge is -2.02. The largest absolute Gasteiger partial charge is 0.396 e. The van der Waals surface area contributed by atoms with Gasteiger partial charge in [0.15, 0.2) is 0 Å². The minimum atomic E-state index is -0.716. The molecule has 1 aromatic heterocycles. The van der Waals surface area contributed by atoms with Gasteiger partial charge in [0, 0.05) is 17.7 Å². The monoisotopic (exact) mass is 388 g/mol. The Labute approximate surface area is 150 Å². The molecule has 2 rings (SSSR count). The van der Waals surface area contributed by atoms with Crippen LogP contribution in [0.1, 0.15) is 16.1 Å². The van der Waals surface area contributed by atoms with Crippen LogP contribution in [0.25, 0.3) is 0 Å². The van der Waals surface area contributed by atoms with Crippen molar-refractivity contribution in [2.75, 3.05) is 5.73 Å². The van der Waals surface area contributed by atoms with E-state index in [-0.39, 0.29) is 32.3 Å². The van der Waals surface area contributed by atoms with Gasteiger partial charge in [0.25, 0.3) is 16.5 Å². The van der Waals surface area contributed by atoms with Crippen LogP contribution in [0.15, 0.2) is 29.4 Å². The number of amides is 1. The van der Waals surface area contributed by atoms with Crippen molar-refractivity contribution < 1.29 is 14.7 Å². The lowest BCUT2D eigenvalue weighted by molar-refractivity contribution is -0.384. The molecule has 1 heterocycles. The molecule has 11 heteroatoms. The number of pyridine rings is 1. The predicted molar refractivity (Wildman–Crippen MR) is 90.6 cm³/mol. The van der Waals surface area contributed by atoms with Crippen molar-refractivity contribution in [1.29, 1.82) is 0 Å². The standard InChI is InChI=1S/C13H8Cl3N5O3/c14-8-10(17)9(15)12(16)19-11(8)13(22)20-18-5-6-2-1-3-7(4-6)21(23)24/h1-5H,(H2,17,19)(H,20,22)/p+1/b18-5+. The number of anilines is 1. The summed E-state index contributed by atoms with van der Waals surface area (Å²) in [6.07, 6.45) is 1.24. The molecule has 0 aliphatic carbocycles. The molecule has 0 saturated heterocycles. The molecule has 0 fully saturated rings. The number of aromatic amines is 1. The van der Waals surface area contributed by atoms with Crippen molar-refractivity contribution in [2.45, 2.75) is 0 Å². The lowest BCUT2D eigenvalue weighted by Crippen LogP contribution is -2.28. The summed E-state index contributed by atoms with van der Waals surface area (Å²) in [4.78, 5) is 24.7. The van der Waals surface area contributed by atoms with E-state index in [9.17, 15) is 14.9 Å². The maximum absolute atomic E-state index is 12.0. The molecule has 24 heavy (non-hydrogen) atoms. The number of nitrogen functional groups attached to an aromatic ring is 1. The Bertz CT molecular complexity index is 857. The van der Waals surface area contributed by atoms with Crippen molar-refractivity contribution in [1.82, 2.24) is 5.43 Å². The molecule has 0 atom stereocenters. The molecule has 2 aromatic rings. The van der Waals surface area contributed by atoms with Crippen LogP contribution in [-0.2, 0) is 0 Å². The average molecular weight is 390 g/mol. The minimum Gasteiger partial charge on any atom is -0.396 e. The van der Waals surface area contributed by atoms with Gasteiger partial charge in [-0.2, -0.15) is 10.1 Å². The summed E-state index contributed by atoms with van der Waals surface area (Å²) >= 11 is 17.5. The maximum Gasteiger partial charge on any atom is 0.337 e. The van der Waals surface area contributed by atoms with Crippen LogP contribution >= 0.6 is 34.8 Å². The zero-order valence-corrected chi connectivity index (χ0v) is 14.0. The molecule has 0 spiro atoms. The molecule has 0 saturated carbocycles. The third-order valence-electron chi connectivity index (χ3n) is 2.81. The number of halogens is 3. The molecule has 124 valence electrons. The van der Waals surface area contributed by atoms with E-state index in [4.69, 9.17) is 40.5 Å². The van der Waals surface area contributed by atoms with Crippen LogP contribution in [0, 0.1) is 10.1 Å². The minimum absolute atomic E-state index is 0.00156. The fourth-order valence-corrected chi connectivity index (χ4v) is 2.28. The summed E-state index contributed by atoms with van der Waals surface area (Å²) in [5.41, 5.74) is 7.99. The first-order valence-electron chi connectivity index (χ1n) is 6.24. The van der Waals surface area contributed by atoms with Crippen LogP contribution in [0.5, 0.6) is 0 Å². The summed E-state index contributed by atoms with van der Waals surface area (Å²) < 4.78 is 0. The fraction of sp³-hybridized carbons (Fsp3) is 0. The Balaban J connectivity index is 2.17. The number of nitro benzene ring substituents is 1. The van der Waals surface area contributed by atoms with Crippen LogP contribution < -0.4 is 16.1 Å². The van der Waals surface area contributed by atoms with E-state index in [1.807, 2.05) is 0 Å². The Morgan fingerprint density at radius 1 is 1.33 bits per heavy atom. The smallest absolute Gasteiger partial charge is 0.337 e. The highest BCUT2D eigenvalue weighted by molar-refractivity contribution is 6.45. The van der Waals surface area contributed by atoms with Gasteiger partial charge < -0.3 is 5.73 Å². The Morgan fingerprint density at radius 2 is 2.04 bits per heavy atom. The zero-order valence-electron chi connectivity index (χ0n) is 11.7. The van der Waals surface area contributed by atoms with E-state index in [2.05, 4.69) is 15.5 Å². The normalized spacial score (nSPS) is 10.8. The first-order chi connectivity index (χ1) is 11.3. The van der Waals surface area contributed by atoms with E-state index in [1.165, 1.54) is 24.4 Å². The Hall–Kier alpha value is -2.42. The van der Waals surface area contributed by atoms with E-state index in [1.54, 1.807) is 6.07 Å². The van der Waals surface area contributed by atoms with E-state index in [0.29, 0.717) is 5.56 Å². The van der Waals surface area contributed by atoms with Gasteiger partial charge in [-0.3, -0.25) is 14.9 Å². The van der Waals surface area contributed by atoms with E-state index in [0.717, 1.165) is 0 Å². The maximum atomic E-state index is 12.0.